The summed E-state index contributed by atoms with van der Waals surface area (Å²) in [6.07, 6.45) is 1.47. The topological polar surface area (TPSA) is 56.0 Å². The molecular weight excluding hydrogens is 413 g/mol. The first-order chi connectivity index (χ1) is 12.7. The van der Waals surface area contributed by atoms with Crippen LogP contribution in [0.15, 0.2) is 76.4 Å². The minimum Gasteiger partial charge on any atom is -0.377 e. The molecule has 0 aliphatic carbocycles. The van der Waals surface area contributed by atoms with Crippen LogP contribution in [-0.4, -0.2) is 22.4 Å². The molecule has 0 spiro atoms. The lowest BCUT2D eigenvalue weighted by molar-refractivity contribution is 0.511. The molecule has 1 aromatic heterocycles. The van der Waals surface area contributed by atoms with Gasteiger partial charge in [0.1, 0.15) is 12.4 Å². The molecular formula is C20H21BrFN3O2. The number of rotatable bonds is 7. The number of nitrogens with zero attached hydrogens (tertiary/aromatic N) is 2. The summed E-state index contributed by atoms with van der Waals surface area (Å²) in [5.74, 6) is 0. The molecule has 0 unspecified atom stereocenters. The molecule has 3 aromatic rings. The fourth-order valence-electron chi connectivity index (χ4n) is 2.76. The normalized spacial score (nSPS) is 10.3. The largest absolute Gasteiger partial charge is 0.377 e. The highest BCUT2D eigenvalue weighted by Gasteiger charge is 2.12. The Morgan fingerprint density at radius 1 is 0.852 bits per heavy atom. The Morgan fingerprint density at radius 2 is 1.41 bits per heavy atom. The number of aromatic nitrogens is 2. The molecule has 0 saturated carbocycles. The number of benzene rings is 2. The van der Waals surface area contributed by atoms with Gasteiger partial charge in [-0.1, -0.05) is 60.7 Å². The van der Waals surface area contributed by atoms with Gasteiger partial charge in [0, 0.05) is 12.7 Å². The van der Waals surface area contributed by atoms with Crippen molar-refractivity contribution in [3.05, 3.63) is 98.8 Å². The summed E-state index contributed by atoms with van der Waals surface area (Å²) in [5.41, 5.74) is 1.16. The van der Waals surface area contributed by atoms with E-state index < -0.39 is 17.9 Å². The maximum absolute atomic E-state index is 12.8. The SMILES string of the molecule is Br.O=c1c(NCCF)cn(Cc2ccccc2)c(=O)n1Cc1ccccc1. The molecule has 7 heteroatoms. The van der Waals surface area contributed by atoms with Gasteiger partial charge >= 0.3 is 5.69 Å². The summed E-state index contributed by atoms with van der Waals surface area (Å²) in [6, 6.07) is 18.8. The second-order valence-electron chi connectivity index (χ2n) is 5.93. The average molecular weight is 434 g/mol. The van der Waals surface area contributed by atoms with Crippen LogP contribution < -0.4 is 16.6 Å². The number of nitrogens with one attached hydrogen (secondary N) is 1. The van der Waals surface area contributed by atoms with Gasteiger partial charge in [-0.15, -0.1) is 17.0 Å². The van der Waals surface area contributed by atoms with Gasteiger partial charge in [0.05, 0.1) is 13.1 Å². The lowest BCUT2D eigenvalue weighted by Crippen LogP contribution is -2.41. The van der Waals surface area contributed by atoms with E-state index in [1.807, 2.05) is 60.7 Å². The van der Waals surface area contributed by atoms with E-state index in [1.165, 1.54) is 15.3 Å². The molecule has 0 amide bonds. The Bertz CT molecular complexity index is 972. The fraction of sp³-hybridized carbons (Fsp3) is 0.200. The molecule has 0 fully saturated rings. The molecule has 2 aromatic carbocycles. The van der Waals surface area contributed by atoms with Crippen molar-refractivity contribution in [3.8, 4) is 0 Å². The Kier molecular flexibility index (Phi) is 7.55. The molecule has 0 atom stereocenters. The number of hydrogen-bond acceptors (Lipinski definition) is 3. The minimum absolute atomic E-state index is 0. The van der Waals surface area contributed by atoms with Crippen LogP contribution in [0.4, 0.5) is 10.1 Å². The molecule has 142 valence electrons. The third kappa shape index (κ3) is 5.17. The lowest BCUT2D eigenvalue weighted by Gasteiger charge is -2.14. The quantitative estimate of drug-likeness (QED) is 0.622. The summed E-state index contributed by atoms with van der Waals surface area (Å²) >= 11 is 0. The molecule has 0 aliphatic heterocycles. The monoisotopic (exact) mass is 433 g/mol. The van der Waals surface area contributed by atoms with Gasteiger partial charge in [-0.05, 0) is 11.1 Å². The zero-order valence-corrected chi connectivity index (χ0v) is 16.4. The maximum Gasteiger partial charge on any atom is 0.331 e. The van der Waals surface area contributed by atoms with Gasteiger partial charge in [-0.2, -0.15) is 0 Å². The van der Waals surface area contributed by atoms with Gasteiger partial charge < -0.3 is 5.32 Å². The smallest absolute Gasteiger partial charge is 0.331 e. The van der Waals surface area contributed by atoms with Crippen LogP contribution in [-0.2, 0) is 13.1 Å². The molecule has 0 radical (unpaired) electrons. The van der Waals surface area contributed by atoms with Crippen LogP contribution in [0.1, 0.15) is 11.1 Å². The highest BCUT2D eigenvalue weighted by molar-refractivity contribution is 8.93. The zero-order chi connectivity index (χ0) is 18.4. The van der Waals surface area contributed by atoms with E-state index in [2.05, 4.69) is 5.32 Å². The first kappa shape index (κ1) is 20.6. The van der Waals surface area contributed by atoms with Crippen LogP contribution in [0, 0.1) is 0 Å². The second-order valence-corrected chi connectivity index (χ2v) is 5.93. The van der Waals surface area contributed by atoms with Crippen molar-refractivity contribution in [1.29, 1.82) is 0 Å². The van der Waals surface area contributed by atoms with E-state index in [-0.39, 0.29) is 35.8 Å². The van der Waals surface area contributed by atoms with E-state index in [0.29, 0.717) is 6.54 Å². The predicted octanol–water partition coefficient (Wildman–Crippen LogP) is 3.07. The van der Waals surface area contributed by atoms with Gasteiger partial charge in [0.15, 0.2) is 0 Å². The van der Waals surface area contributed by atoms with Gasteiger partial charge in [-0.3, -0.25) is 13.9 Å². The number of hydrogen-bond donors (Lipinski definition) is 1. The Hall–Kier alpha value is -2.67. The van der Waals surface area contributed by atoms with Crippen molar-refractivity contribution in [2.75, 3.05) is 18.5 Å². The average Bonchev–Trinajstić information content (AvgIpc) is 2.68. The number of anilines is 1. The molecule has 3 rings (SSSR count). The molecule has 0 aliphatic rings. The highest BCUT2D eigenvalue weighted by Crippen LogP contribution is 2.05. The van der Waals surface area contributed by atoms with Crippen molar-refractivity contribution >= 4 is 22.7 Å². The summed E-state index contributed by atoms with van der Waals surface area (Å²) in [5, 5.41) is 2.77. The Balaban J connectivity index is 0.00000261. The summed E-state index contributed by atoms with van der Waals surface area (Å²) < 4.78 is 15.2. The first-order valence-corrected chi connectivity index (χ1v) is 8.41. The first-order valence-electron chi connectivity index (χ1n) is 8.41. The van der Waals surface area contributed by atoms with Crippen LogP contribution in [0.2, 0.25) is 0 Å². The Labute approximate surface area is 166 Å². The summed E-state index contributed by atoms with van der Waals surface area (Å²) in [7, 11) is 0. The highest BCUT2D eigenvalue weighted by atomic mass is 79.9. The van der Waals surface area contributed by atoms with Crippen molar-refractivity contribution in [1.82, 2.24) is 9.13 Å². The summed E-state index contributed by atoms with van der Waals surface area (Å²) in [4.78, 5) is 25.5. The van der Waals surface area contributed by atoms with Gasteiger partial charge in [0.25, 0.3) is 5.56 Å². The molecule has 0 saturated heterocycles. The zero-order valence-electron chi connectivity index (χ0n) is 14.7. The third-order valence-corrected chi connectivity index (χ3v) is 4.03. The Morgan fingerprint density at radius 3 is 1.96 bits per heavy atom. The van der Waals surface area contributed by atoms with Crippen molar-refractivity contribution in [3.63, 3.8) is 0 Å². The fourth-order valence-corrected chi connectivity index (χ4v) is 2.76. The molecule has 5 nitrogen and oxygen atoms in total. The van der Waals surface area contributed by atoms with E-state index in [0.717, 1.165) is 11.1 Å². The van der Waals surface area contributed by atoms with E-state index >= 15 is 0 Å². The van der Waals surface area contributed by atoms with Gasteiger partial charge in [0.2, 0.25) is 0 Å². The molecule has 0 bridgehead atoms. The standard InChI is InChI=1S/C20H20FN3O2.BrH/c21-11-12-22-18-15-23(13-16-7-3-1-4-8-16)20(26)24(19(18)25)14-17-9-5-2-6-10-17;/h1-10,15,22H,11-14H2;1H. The minimum atomic E-state index is -0.601. The van der Waals surface area contributed by atoms with Crippen LogP contribution in [0.5, 0.6) is 0 Å². The van der Waals surface area contributed by atoms with E-state index in [1.54, 1.807) is 0 Å². The lowest BCUT2D eigenvalue weighted by atomic mass is 10.2. The van der Waals surface area contributed by atoms with E-state index in [4.69, 9.17) is 0 Å². The van der Waals surface area contributed by atoms with Crippen LogP contribution in [0.25, 0.3) is 0 Å². The van der Waals surface area contributed by atoms with Crippen molar-refractivity contribution in [2.45, 2.75) is 13.1 Å². The summed E-state index contributed by atoms with van der Waals surface area (Å²) in [6.45, 7) is -0.0858. The predicted molar refractivity (Wildman–Crippen MR) is 111 cm³/mol. The van der Waals surface area contributed by atoms with E-state index in [9.17, 15) is 14.0 Å². The molecule has 1 N–H and O–H groups in total. The van der Waals surface area contributed by atoms with Crippen molar-refractivity contribution < 1.29 is 4.39 Å². The van der Waals surface area contributed by atoms with Crippen LogP contribution >= 0.6 is 17.0 Å². The van der Waals surface area contributed by atoms with Crippen LogP contribution in [0.3, 0.4) is 0 Å². The number of halogens is 2. The molecule has 1 heterocycles. The second kappa shape index (κ2) is 9.87. The number of alkyl halides is 1. The van der Waals surface area contributed by atoms with Crippen molar-refractivity contribution in [2.24, 2.45) is 0 Å². The third-order valence-electron chi connectivity index (χ3n) is 4.03. The molecule has 27 heavy (non-hydrogen) atoms. The van der Waals surface area contributed by atoms with Gasteiger partial charge in [-0.25, -0.2) is 9.18 Å². The maximum atomic E-state index is 12.8.